The highest BCUT2D eigenvalue weighted by atomic mass is 16.5. The second-order valence-corrected chi connectivity index (χ2v) is 8.09. The minimum atomic E-state index is -0.298. The van der Waals surface area contributed by atoms with E-state index in [9.17, 15) is 5.11 Å². The lowest BCUT2D eigenvalue weighted by Crippen LogP contribution is -2.22. The van der Waals surface area contributed by atoms with Crippen molar-refractivity contribution in [3.05, 3.63) is 24.3 Å². The van der Waals surface area contributed by atoms with E-state index in [0.29, 0.717) is 6.61 Å². The molecule has 1 fully saturated rings. The molecule has 4 heteroatoms. The van der Waals surface area contributed by atoms with E-state index >= 15 is 0 Å². The molecule has 0 aliphatic heterocycles. The number of aliphatic hydroxyl groups excluding tert-OH is 3. The monoisotopic (exact) mass is 396 g/mol. The maximum atomic E-state index is 10.6. The smallest absolute Gasteiger partial charge is 0.0666 e. The number of hydrogen-bond donors (Lipinski definition) is 3. The molecule has 4 nitrogen and oxygen atoms in total. The van der Waals surface area contributed by atoms with Crippen LogP contribution >= 0.6 is 0 Å². The number of aliphatic hydroxyl groups is 3. The number of allylic oxidation sites excluding steroid dienone is 3. The third-order valence-corrected chi connectivity index (χ3v) is 5.71. The molecule has 28 heavy (non-hydrogen) atoms. The van der Waals surface area contributed by atoms with Crippen LogP contribution in [-0.2, 0) is 4.74 Å². The van der Waals surface area contributed by atoms with E-state index in [1.54, 1.807) is 0 Å². The third-order valence-electron chi connectivity index (χ3n) is 5.71. The molecule has 1 aliphatic carbocycles. The summed E-state index contributed by atoms with van der Waals surface area (Å²) in [5.74, 6) is 0.512. The maximum Gasteiger partial charge on any atom is 0.0666 e. The molecule has 0 aromatic carbocycles. The zero-order chi connectivity index (χ0) is 20.5. The molecule has 0 bridgehead atoms. The van der Waals surface area contributed by atoms with Crippen molar-refractivity contribution in [2.24, 2.45) is 11.8 Å². The lowest BCUT2D eigenvalue weighted by atomic mass is 9.89. The zero-order valence-corrected chi connectivity index (χ0v) is 18.0. The van der Waals surface area contributed by atoms with Gasteiger partial charge in [-0.25, -0.2) is 0 Å². The fourth-order valence-corrected chi connectivity index (χ4v) is 3.97. The van der Waals surface area contributed by atoms with Crippen molar-refractivity contribution in [1.29, 1.82) is 0 Å². The predicted octanol–water partition coefficient (Wildman–Crippen LogP) is 4.78. The molecule has 1 unspecified atom stereocenters. The van der Waals surface area contributed by atoms with Crippen LogP contribution in [0.3, 0.4) is 0 Å². The van der Waals surface area contributed by atoms with Gasteiger partial charge in [0, 0.05) is 32.2 Å². The normalized spacial score (nSPS) is 25.4. The van der Waals surface area contributed by atoms with Gasteiger partial charge in [-0.15, -0.1) is 0 Å². The summed E-state index contributed by atoms with van der Waals surface area (Å²) in [6, 6.07) is 0. The van der Waals surface area contributed by atoms with Gasteiger partial charge in [-0.05, 0) is 57.3 Å². The van der Waals surface area contributed by atoms with Crippen molar-refractivity contribution in [3.63, 3.8) is 0 Å². The third kappa shape index (κ3) is 10.8. The van der Waals surface area contributed by atoms with Crippen LogP contribution in [0.1, 0.15) is 84.0 Å². The average molecular weight is 397 g/mol. The van der Waals surface area contributed by atoms with Crippen LogP contribution in [-0.4, -0.2) is 47.3 Å². The first-order valence-electron chi connectivity index (χ1n) is 11.6. The highest BCUT2D eigenvalue weighted by Gasteiger charge is 2.40. The summed E-state index contributed by atoms with van der Waals surface area (Å²) in [6.07, 6.45) is 20.9. The molecule has 3 N–H and O–H groups in total. The summed E-state index contributed by atoms with van der Waals surface area (Å²) in [5, 5.41) is 28.3. The van der Waals surface area contributed by atoms with Crippen LogP contribution in [0.25, 0.3) is 0 Å². The van der Waals surface area contributed by atoms with Gasteiger partial charge in [-0.1, -0.05) is 50.5 Å². The van der Waals surface area contributed by atoms with Gasteiger partial charge < -0.3 is 20.1 Å². The molecular weight excluding hydrogens is 352 g/mol. The Kier molecular flexibility index (Phi) is 15.6. The number of unbranched alkanes of at least 4 members (excludes halogenated alkanes) is 7. The molecule has 0 spiro atoms. The van der Waals surface area contributed by atoms with Crippen molar-refractivity contribution in [3.8, 4) is 0 Å². The Morgan fingerprint density at radius 1 is 0.857 bits per heavy atom. The van der Waals surface area contributed by atoms with E-state index in [2.05, 4.69) is 31.2 Å². The Hall–Kier alpha value is -0.680. The highest BCUT2D eigenvalue weighted by molar-refractivity contribution is 5.05. The number of hydrogen-bond acceptors (Lipinski definition) is 4. The average Bonchev–Trinajstić information content (AvgIpc) is 2.99. The second kappa shape index (κ2) is 17.2. The summed E-state index contributed by atoms with van der Waals surface area (Å²) in [5.41, 5.74) is 0. The van der Waals surface area contributed by atoms with Gasteiger partial charge in [0.05, 0.1) is 12.2 Å². The molecular formula is C24H44O4. The van der Waals surface area contributed by atoms with Crippen molar-refractivity contribution in [2.45, 2.75) is 96.2 Å². The van der Waals surface area contributed by atoms with E-state index in [0.717, 1.165) is 83.7 Å². The summed E-state index contributed by atoms with van der Waals surface area (Å²) in [6.45, 7) is 3.51. The van der Waals surface area contributed by atoms with E-state index in [-0.39, 0.29) is 30.7 Å². The van der Waals surface area contributed by atoms with Crippen LogP contribution in [0.4, 0.5) is 0 Å². The molecule has 0 aromatic heterocycles. The van der Waals surface area contributed by atoms with Crippen molar-refractivity contribution in [2.75, 3.05) is 19.8 Å². The molecule has 4 atom stereocenters. The van der Waals surface area contributed by atoms with Crippen LogP contribution in [0.15, 0.2) is 24.3 Å². The van der Waals surface area contributed by atoms with Gasteiger partial charge in [-0.3, -0.25) is 0 Å². The maximum absolute atomic E-state index is 10.6. The standard InChI is InChI=1S/C24H44O4/c1-2-3-19-28-24-20-23(27)21(15-11-8-6-10-14-18-26)22(24)16-12-7-4-5-9-13-17-25/h8,11-12,16,21-27H,2-7,9-10,13-15,17-20H2,1H3/b11-8-,16-12+/t21?,22-,23+,24-/m0/s1. The lowest BCUT2D eigenvalue weighted by molar-refractivity contribution is 0.0299. The van der Waals surface area contributed by atoms with Crippen molar-refractivity contribution in [1.82, 2.24) is 0 Å². The minimum absolute atomic E-state index is 0.125. The molecule has 0 radical (unpaired) electrons. The molecule has 0 heterocycles. The Morgan fingerprint density at radius 3 is 2.29 bits per heavy atom. The first-order chi connectivity index (χ1) is 13.7. The SMILES string of the molecule is CCCCO[C@H]1C[C@@H](O)C(C/C=C\CCCCO)[C@@H]1/C=C/CCCCCCO. The van der Waals surface area contributed by atoms with Gasteiger partial charge in [0.25, 0.3) is 0 Å². The Bertz CT molecular complexity index is 407. The van der Waals surface area contributed by atoms with E-state index in [4.69, 9.17) is 14.9 Å². The molecule has 164 valence electrons. The van der Waals surface area contributed by atoms with E-state index in [1.807, 2.05) is 0 Å². The lowest BCUT2D eigenvalue weighted by Gasteiger charge is -2.22. The van der Waals surface area contributed by atoms with Crippen molar-refractivity contribution < 1.29 is 20.1 Å². The Balaban J connectivity index is 2.53. The van der Waals surface area contributed by atoms with Crippen LogP contribution in [0.2, 0.25) is 0 Å². The molecule has 0 amide bonds. The van der Waals surface area contributed by atoms with Gasteiger partial charge in [0.15, 0.2) is 0 Å². The zero-order valence-electron chi connectivity index (χ0n) is 18.0. The van der Waals surface area contributed by atoms with Gasteiger partial charge in [0.2, 0.25) is 0 Å². The van der Waals surface area contributed by atoms with E-state index < -0.39 is 0 Å². The molecule has 1 rings (SSSR count). The number of rotatable bonds is 17. The summed E-state index contributed by atoms with van der Waals surface area (Å²) in [4.78, 5) is 0. The summed E-state index contributed by atoms with van der Waals surface area (Å²) >= 11 is 0. The summed E-state index contributed by atoms with van der Waals surface area (Å²) in [7, 11) is 0. The van der Waals surface area contributed by atoms with Crippen LogP contribution < -0.4 is 0 Å². The van der Waals surface area contributed by atoms with Gasteiger partial charge in [0.1, 0.15) is 0 Å². The fourth-order valence-electron chi connectivity index (χ4n) is 3.97. The predicted molar refractivity (Wildman–Crippen MR) is 116 cm³/mol. The molecule has 1 saturated carbocycles. The van der Waals surface area contributed by atoms with Gasteiger partial charge >= 0.3 is 0 Å². The largest absolute Gasteiger partial charge is 0.396 e. The van der Waals surface area contributed by atoms with Crippen LogP contribution in [0.5, 0.6) is 0 Å². The Labute approximate surface area is 172 Å². The first kappa shape index (κ1) is 25.4. The van der Waals surface area contributed by atoms with E-state index in [1.165, 1.54) is 0 Å². The molecule has 1 aliphatic rings. The highest BCUT2D eigenvalue weighted by Crippen LogP contribution is 2.38. The van der Waals surface area contributed by atoms with Crippen molar-refractivity contribution >= 4 is 0 Å². The molecule has 0 aromatic rings. The fraction of sp³-hybridized carbons (Fsp3) is 0.833. The topological polar surface area (TPSA) is 69.9 Å². The first-order valence-corrected chi connectivity index (χ1v) is 11.6. The minimum Gasteiger partial charge on any atom is -0.396 e. The van der Waals surface area contributed by atoms with Gasteiger partial charge in [-0.2, -0.15) is 0 Å². The number of ether oxygens (including phenoxy) is 1. The van der Waals surface area contributed by atoms with Crippen LogP contribution in [0, 0.1) is 11.8 Å². The molecule has 0 saturated heterocycles. The quantitative estimate of drug-likeness (QED) is 0.244. The second-order valence-electron chi connectivity index (χ2n) is 8.09. The summed E-state index contributed by atoms with van der Waals surface area (Å²) < 4.78 is 6.14. The Morgan fingerprint density at radius 2 is 1.54 bits per heavy atom.